The zero-order chi connectivity index (χ0) is 16.6. The van der Waals surface area contributed by atoms with Crippen LogP contribution in [0.3, 0.4) is 0 Å². The number of anilines is 2. The van der Waals surface area contributed by atoms with E-state index in [9.17, 15) is 13.2 Å². The van der Waals surface area contributed by atoms with E-state index in [0.717, 1.165) is 12.1 Å². The number of nitrogens with zero attached hydrogens (tertiary/aromatic N) is 4. The lowest BCUT2D eigenvalue weighted by Crippen LogP contribution is -2.08. The fourth-order valence-electron chi connectivity index (χ4n) is 2.12. The van der Waals surface area contributed by atoms with E-state index in [1.165, 1.54) is 12.1 Å². The van der Waals surface area contributed by atoms with E-state index in [0.29, 0.717) is 22.5 Å². The summed E-state index contributed by atoms with van der Waals surface area (Å²) in [6, 6.07) is 4.89. The number of nitrogens with one attached hydrogen (secondary N) is 1. The van der Waals surface area contributed by atoms with Gasteiger partial charge >= 0.3 is 6.18 Å². The van der Waals surface area contributed by atoms with Gasteiger partial charge in [-0.1, -0.05) is 12.1 Å². The molecule has 3 aromatic rings. The van der Waals surface area contributed by atoms with Crippen LogP contribution in [0.4, 0.5) is 24.9 Å². The van der Waals surface area contributed by atoms with Gasteiger partial charge in [0.2, 0.25) is 5.95 Å². The maximum absolute atomic E-state index is 12.5. The highest BCUT2D eigenvalue weighted by Crippen LogP contribution is 2.29. The Labute approximate surface area is 129 Å². The molecule has 0 aliphatic heterocycles. The Morgan fingerprint density at radius 2 is 1.87 bits per heavy atom. The van der Waals surface area contributed by atoms with E-state index in [2.05, 4.69) is 20.4 Å². The minimum atomic E-state index is -4.34. The first kappa shape index (κ1) is 15.1. The summed E-state index contributed by atoms with van der Waals surface area (Å²) in [5, 5.41) is 7.64. The average molecular weight is 322 g/mol. The smallest absolute Gasteiger partial charge is 0.383 e. The highest BCUT2D eigenvalue weighted by Gasteiger charge is 2.29. The van der Waals surface area contributed by atoms with E-state index in [-0.39, 0.29) is 12.4 Å². The van der Waals surface area contributed by atoms with Crippen LogP contribution in [-0.4, -0.2) is 19.7 Å². The molecule has 0 fully saturated rings. The zero-order valence-corrected chi connectivity index (χ0v) is 12.1. The standard InChI is InChI=1S/C14H13F3N6/c1-23-12-10(7-20-23)11(18)21-13(22-12)19-6-8-2-4-9(5-3-8)14(15,16)17/h2-5,7H,6H2,1H3,(H3,18,19,21,22). The minimum Gasteiger partial charge on any atom is -0.383 e. The van der Waals surface area contributed by atoms with Crippen molar-refractivity contribution in [3.05, 3.63) is 41.6 Å². The topological polar surface area (TPSA) is 81.7 Å². The molecule has 0 aliphatic rings. The van der Waals surface area contributed by atoms with Crippen molar-refractivity contribution in [2.24, 2.45) is 7.05 Å². The second-order valence-corrected chi connectivity index (χ2v) is 4.99. The maximum Gasteiger partial charge on any atom is 0.416 e. The SMILES string of the molecule is Cn1ncc2c(N)nc(NCc3ccc(C(F)(F)F)cc3)nc21. The number of nitrogens with two attached hydrogens (primary N) is 1. The third kappa shape index (κ3) is 3.03. The largest absolute Gasteiger partial charge is 0.416 e. The number of hydrogen-bond donors (Lipinski definition) is 2. The van der Waals surface area contributed by atoms with Crippen LogP contribution >= 0.6 is 0 Å². The highest BCUT2D eigenvalue weighted by molar-refractivity contribution is 5.86. The molecule has 0 unspecified atom stereocenters. The summed E-state index contributed by atoms with van der Waals surface area (Å²) in [7, 11) is 1.73. The molecule has 0 amide bonds. The highest BCUT2D eigenvalue weighted by atomic mass is 19.4. The van der Waals surface area contributed by atoms with Crippen molar-refractivity contribution < 1.29 is 13.2 Å². The van der Waals surface area contributed by atoms with Crippen molar-refractivity contribution in [2.45, 2.75) is 12.7 Å². The number of benzene rings is 1. The Morgan fingerprint density at radius 1 is 1.17 bits per heavy atom. The van der Waals surface area contributed by atoms with Crippen LogP contribution in [0.2, 0.25) is 0 Å². The fraction of sp³-hybridized carbons (Fsp3) is 0.214. The molecule has 1 aromatic carbocycles. The van der Waals surface area contributed by atoms with Gasteiger partial charge in [-0.2, -0.15) is 28.2 Å². The normalized spacial score (nSPS) is 11.8. The molecule has 0 bridgehead atoms. The molecule has 9 heteroatoms. The molecule has 23 heavy (non-hydrogen) atoms. The minimum absolute atomic E-state index is 0.279. The second kappa shape index (κ2) is 5.41. The molecule has 120 valence electrons. The molecule has 3 N–H and O–H groups in total. The predicted molar refractivity (Wildman–Crippen MR) is 79.5 cm³/mol. The van der Waals surface area contributed by atoms with Crippen molar-refractivity contribution in [3.63, 3.8) is 0 Å². The Morgan fingerprint density at radius 3 is 2.52 bits per heavy atom. The summed E-state index contributed by atoms with van der Waals surface area (Å²) in [6.07, 6.45) is -2.77. The van der Waals surface area contributed by atoms with Crippen LogP contribution in [0, 0.1) is 0 Å². The van der Waals surface area contributed by atoms with Crippen molar-refractivity contribution >= 4 is 22.8 Å². The first-order valence-electron chi connectivity index (χ1n) is 6.70. The predicted octanol–water partition coefficient (Wildman–Crippen LogP) is 2.58. The van der Waals surface area contributed by atoms with Gasteiger partial charge in [0.15, 0.2) is 5.65 Å². The van der Waals surface area contributed by atoms with Gasteiger partial charge in [0.25, 0.3) is 0 Å². The molecule has 2 heterocycles. The van der Waals surface area contributed by atoms with Gasteiger partial charge in [-0.3, -0.25) is 4.68 Å². The molecule has 0 atom stereocenters. The molecule has 6 nitrogen and oxygen atoms in total. The molecule has 0 saturated heterocycles. The molecule has 0 radical (unpaired) electrons. The van der Waals surface area contributed by atoms with E-state index in [1.54, 1.807) is 17.9 Å². The Balaban J connectivity index is 1.77. The van der Waals surface area contributed by atoms with Gasteiger partial charge < -0.3 is 11.1 Å². The first-order valence-corrected chi connectivity index (χ1v) is 6.70. The van der Waals surface area contributed by atoms with Crippen LogP contribution in [0.5, 0.6) is 0 Å². The van der Waals surface area contributed by atoms with Crippen molar-refractivity contribution in [1.82, 2.24) is 19.7 Å². The molecular weight excluding hydrogens is 309 g/mol. The molecule has 0 spiro atoms. The van der Waals surface area contributed by atoms with E-state index < -0.39 is 11.7 Å². The Bertz CT molecular complexity index is 838. The quantitative estimate of drug-likeness (QED) is 0.774. The van der Waals surface area contributed by atoms with Gasteiger partial charge in [0, 0.05) is 13.6 Å². The average Bonchev–Trinajstić information content (AvgIpc) is 2.87. The number of hydrogen-bond acceptors (Lipinski definition) is 5. The first-order chi connectivity index (χ1) is 10.8. The number of alkyl halides is 3. The van der Waals surface area contributed by atoms with Gasteiger partial charge in [-0.05, 0) is 17.7 Å². The summed E-state index contributed by atoms with van der Waals surface area (Å²) >= 11 is 0. The van der Waals surface area contributed by atoms with E-state index in [4.69, 9.17) is 5.73 Å². The van der Waals surface area contributed by atoms with E-state index >= 15 is 0 Å². The number of aryl methyl sites for hydroxylation is 1. The van der Waals surface area contributed by atoms with Crippen molar-refractivity contribution in [2.75, 3.05) is 11.1 Å². The summed E-state index contributed by atoms with van der Waals surface area (Å²) in [4.78, 5) is 8.39. The zero-order valence-electron chi connectivity index (χ0n) is 12.1. The van der Waals surface area contributed by atoms with Crippen LogP contribution in [0.1, 0.15) is 11.1 Å². The number of rotatable bonds is 3. The summed E-state index contributed by atoms with van der Waals surface area (Å²) < 4.78 is 39.1. The van der Waals surface area contributed by atoms with Crippen LogP contribution in [0.25, 0.3) is 11.0 Å². The lowest BCUT2D eigenvalue weighted by molar-refractivity contribution is -0.137. The molecular formula is C14H13F3N6. The lowest BCUT2D eigenvalue weighted by Gasteiger charge is -2.09. The molecule has 2 aromatic heterocycles. The van der Waals surface area contributed by atoms with Gasteiger partial charge in [-0.25, -0.2) is 0 Å². The molecule has 3 rings (SSSR count). The van der Waals surface area contributed by atoms with Crippen LogP contribution in [0.15, 0.2) is 30.5 Å². The fourth-order valence-corrected chi connectivity index (χ4v) is 2.12. The Kier molecular flexibility index (Phi) is 3.55. The molecule has 0 saturated carbocycles. The van der Waals surface area contributed by atoms with Gasteiger partial charge in [0.05, 0.1) is 17.1 Å². The number of nitrogen functional groups attached to an aromatic ring is 1. The van der Waals surface area contributed by atoms with Crippen LogP contribution < -0.4 is 11.1 Å². The second-order valence-electron chi connectivity index (χ2n) is 4.99. The monoisotopic (exact) mass is 322 g/mol. The summed E-state index contributed by atoms with van der Waals surface area (Å²) in [6.45, 7) is 0.279. The van der Waals surface area contributed by atoms with Gasteiger partial charge in [-0.15, -0.1) is 0 Å². The summed E-state index contributed by atoms with van der Waals surface area (Å²) in [5.41, 5.74) is 6.40. The number of aromatic nitrogens is 4. The van der Waals surface area contributed by atoms with E-state index in [1.807, 2.05) is 0 Å². The lowest BCUT2D eigenvalue weighted by atomic mass is 10.1. The number of fused-ring (bicyclic) bond motifs is 1. The Hall–Kier alpha value is -2.84. The third-order valence-corrected chi connectivity index (χ3v) is 3.35. The van der Waals surface area contributed by atoms with Crippen molar-refractivity contribution in [3.8, 4) is 0 Å². The maximum atomic E-state index is 12.5. The van der Waals surface area contributed by atoms with Crippen molar-refractivity contribution in [1.29, 1.82) is 0 Å². The molecule has 0 aliphatic carbocycles. The van der Waals surface area contributed by atoms with Gasteiger partial charge in [0.1, 0.15) is 5.82 Å². The third-order valence-electron chi connectivity index (χ3n) is 3.35. The number of halogens is 3. The summed E-state index contributed by atoms with van der Waals surface area (Å²) in [5.74, 6) is 0.580. The van der Waals surface area contributed by atoms with Crippen LogP contribution in [-0.2, 0) is 19.8 Å².